The molecular weight excluding hydrogens is 250 g/mol. The van der Waals surface area contributed by atoms with Crippen molar-refractivity contribution in [3.63, 3.8) is 0 Å². The van der Waals surface area contributed by atoms with Crippen molar-refractivity contribution in [2.24, 2.45) is 5.14 Å². The topological polar surface area (TPSA) is 106 Å². The third-order valence-electron chi connectivity index (χ3n) is 1.76. The summed E-state index contributed by atoms with van der Waals surface area (Å²) in [4.78, 5) is 0. The minimum Gasteiger partial charge on any atom is -0.508 e. The smallest absolute Gasteiger partial charge is 0.267 e. The number of hydrogen-bond acceptors (Lipinski definition) is 6. The molecule has 0 amide bonds. The highest BCUT2D eigenvalue weighted by molar-refractivity contribution is 7.91. The molecule has 2 rings (SSSR count). The Morgan fingerprint density at radius 1 is 1.19 bits per heavy atom. The second-order valence-corrected chi connectivity index (χ2v) is 5.68. The van der Waals surface area contributed by atoms with Crippen LogP contribution in [0.3, 0.4) is 0 Å². The average Bonchev–Trinajstić information content (AvgIpc) is 2.67. The van der Waals surface area contributed by atoms with Gasteiger partial charge in [0.1, 0.15) is 10.8 Å². The van der Waals surface area contributed by atoms with Gasteiger partial charge in [0, 0.05) is 5.56 Å². The Kier molecular flexibility index (Phi) is 2.62. The Bertz CT molecular complexity index is 604. The van der Waals surface area contributed by atoms with Crippen LogP contribution in [0.5, 0.6) is 5.75 Å². The standard InChI is InChI=1S/C8H7N3O3S2/c9-16(13,14)8-11-10-7(15-8)5-1-3-6(12)4-2-5/h1-4,12H,(H2,9,13,14). The molecule has 2 aromatic rings. The van der Waals surface area contributed by atoms with Crippen molar-refractivity contribution in [2.75, 3.05) is 0 Å². The van der Waals surface area contributed by atoms with E-state index in [9.17, 15) is 8.42 Å². The van der Waals surface area contributed by atoms with E-state index in [2.05, 4.69) is 10.2 Å². The van der Waals surface area contributed by atoms with E-state index in [1.165, 1.54) is 12.1 Å². The minimum absolute atomic E-state index is 0.125. The molecule has 3 N–H and O–H groups in total. The Labute approximate surface area is 95.4 Å². The molecule has 84 valence electrons. The van der Waals surface area contributed by atoms with Crippen LogP contribution in [-0.2, 0) is 10.0 Å². The molecule has 1 aromatic carbocycles. The van der Waals surface area contributed by atoms with Crippen molar-refractivity contribution in [3.8, 4) is 16.3 Å². The zero-order chi connectivity index (χ0) is 11.8. The first kappa shape index (κ1) is 11.0. The van der Waals surface area contributed by atoms with Crippen molar-refractivity contribution in [3.05, 3.63) is 24.3 Å². The van der Waals surface area contributed by atoms with Crippen molar-refractivity contribution in [2.45, 2.75) is 4.34 Å². The molecule has 0 unspecified atom stereocenters. The molecule has 0 spiro atoms. The highest BCUT2D eigenvalue weighted by atomic mass is 32.2. The summed E-state index contributed by atoms with van der Waals surface area (Å²) in [5.41, 5.74) is 0.671. The predicted molar refractivity (Wildman–Crippen MR) is 58.4 cm³/mol. The molecule has 0 radical (unpaired) electrons. The summed E-state index contributed by atoms with van der Waals surface area (Å²) in [5, 5.41) is 21.6. The number of phenolic OH excluding ortho intramolecular Hbond substituents is 1. The number of rotatable bonds is 2. The molecule has 0 aliphatic heterocycles. The lowest BCUT2D eigenvalue weighted by molar-refractivity contribution is 0.475. The third kappa shape index (κ3) is 2.18. The summed E-state index contributed by atoms with van der Waals surface area (Å²) < 4.78 is 21.7. The van der Waals surface area contributed by atoms with Gasteiger partial charge in [-0.25, -0.2) is 13.6 Å². The number of phenols is 1. The highest BCUT2D eigenvalue weighted by Crippen LogP contribution is 2.26. The predicted octanol–water partition coefficient (Wildman–Crippen LogP) is 0.558. The Morgan fingerprint density at radius 2 is 1.81 bits per heavy atom. The van der Waals surface area contributed by atoms with Crippen LogP contribution in [0.15, 0.2) is 28.6 Å². The fraction of sp³-hybridized carbons (Fsp3) is 0. The van der Waals surface area contributed by atoms with Gasteiger partial charge in [-0.1, -0.05) is 11.3 Å². The summed E-state index contributed by atoms with van der Waals surface area (Å²) in [7, 11) is -3.80. The molecule has 8 heteroatoms. The first-order valence-corrected chi connectivity index (χ1v) is 6.49. The number of sulfonamides is 1. The summed E-state index contributed by atoms with van der Waals surface area (Å²) in [5.74, 6) is 0.125. The fourth-order valence-corrected chi connectivity index (χ4v) is 2.48. The quantitative estimate of drug-likeness (QED) is 0.817. The minimum atomic E-state index is -3.80. The van der Waals surface area contributed by atoms with Gasteiger partial charge in [0.2, 0.25) is 4.34 Å². The zero-order valence-electron chi connectivity index (χ0n) is 7.86. The molecular formula is C8H7N3O3S2. The number of benzene rings is 1. The van der Waals surface area contributed by atoms with E-state index in [1.807, 2.05) is 0 Å². The van der Waals surface area contributed by atoms with Crippen molar-refractivity contribution in [1.82, 2.24) is 10.2 Å². The summed E-state index contributed by atoms with van der Waals surface area (Å²) >= 11 is 0.882. The van der Waals surface area contributed by atoms with E-state index in [-0.39, 0.29) is 10.1 Å². The van der Waals surface area contributed by atoms with Crippen LogP contribution in [0.1, 0.15) is 0 Å². The lowest BCUT2D eigenvalue weighted by atomic mass is 10.2. The van der Waals surface area contributed by atoms with Gasteiger partial charge in [-0.05, 0) is 24.3 Å². The van der Waals surface area contributed by atoms with Gasteiger partial charge in [-0.2, -0.15) is 0 Å². The van der Waals surface area contributed by atoms with Crippen LogP contribution >= 0.6 is 11.3 Å². The SMILES string of the molecule is NS(=O)(=O)c1nnc(-c2ccc(O)cc2)s1. The van der Waals surface area contributed by atoms with Crippen LogP contribution < -0.4 is 5.14 Å². The van der Waals surface area contributed by atoms with E-state index in [0.29, 0.717) is 10.6 Å². The monoisotopic (exact) mass is 257 g/mol. The first-order valence-electron chi connectivity index (χ1n) is 4.12. The second-order valence-electron chi connectivity index (χ2n) is 2.97. The molecule has 0 aliphatic rings. The highest BCUT2D eigenvalue weighted by Gasteiger charge is 2.15. The van der Waals surface area contributed by atoms with E-state index < -0.39 is 10.0 Å². The molecule has 1 heterocycles. The van der Waals surface area contributed by atoms with Crippen LogP contribution in [-0.4, -0.2) is 23.7 Å². The van der Waals surface area contributed by atoms with Crippen molar-refractivity contribution in [1.29, 1.82) is 0 Å². The maximum absolute atomic E-state index is 11.0. The van der Waals surface area contributed by atoms with Gasteiger partial charge < -0.3 is 5.11 Å². The molecule has 6 nitrogen and oxygen atoms in total. The summed E-state index contributed by atoms with van der Waals surface area (Å²) in [6.07, 6.45) is 0. The number of aromatic nitrogens is 2. The number of hydrogen-bond donors (Lipinski definition) is 2. The van der Waals surface area contributed by atoms with Crippen LogP contribution in [0, 0.1) is 0 Å². The van der Waals surface area contributed by atoms with Gasteiger partial charge >= 0.3 is 0 Å². The van der Waals surface area contributed by atoms with Gasteiger partial charge in [-0.15, -0.1) is 10.2 Å². The summed E-state index contributed by atoms with van der Waals surface area (Å²) in [6, 6.07) is 6.19. The lowest BCUT2D eigenvalue weighted by Crippen LogP contribution is -2.11. The molecule has 0 fully saturated rings. The molecule has 0 saturated carbocycles. The maximum atomic E-state index is 11.0. The molecule has 0 atom stereocenters. The zero-order valence-corrected chi connectivity index (χ0v) is 9.49. The number of aromatic hydroxyl groups is 1. The molecule has 16 heavy (non-hydrogen) atoms. The van der Waals surface area contributed by atoms with Crippen LogP contribution in [0.2, 0.25) is 0 Å². The van der Waals surface area contributed by atoms with E-state index in [1.54, 1.807) is 12.1 Å². The van der Waals surface area contributed by atoms with E-state index in [0.717, 1.165) is 11.3 Å². The molecule has 0 aliphatic carbocycles. The van der Waals surface area contributed by atoms with Crippen LogP contribution in [0.25, 0.3) is 10.6 Å². The third-order valence-corrected chi connectivity index (χ3v) is 4.05. The Morgan fingerprint density at radius 3 is 2.31 bits per heavy atom. The van der Waals surface area contributed by atoms with Crippen LogP contribution in [0.4, 0.5) is 0 Å². The fourth-order valence-electron chi connectivity index (χ4n) is 1.05. The Hall–Kier alpha value is -1.51. The van der Waals surface area contributed by atoms with Crippen molar-refractivity contribution >= 4 is 21.4 Å². The van der Waals surface area contributed by atoms with Gasteiger partial charge in [0.25, 0.3) is 10.0 Å². The normalized spacial score (nSPS) is 11.6. The van der Waals surface area contributed by atoms with Gasteiger partial charge in [-0.3, -0.25) is 0 Å². The number of primary sulfonamides is 1. The average molecular weight is 257 g/mol. The lowest BCUT2D eigenvalue weighted by Gasteiger charge is -1.94. The first-order chi connectivity index (χ1) is 7.47. The van der Waals surface area contributed by atoms with Gasteiger partial charge in [0.15, 0.2) is 0 Å². The van der Waals surface area contributed by atoms with E-state index >= 15 is 0 Å². The van der Waals surface area contributed by atoms with Gasteiger partial charge in [0.05, 0.1) is 0 Å². The number of nitrogens with zero attached hydrogens (tertiary/aromatic N) is 2. The number of nitrogens with two attached hydrogens (primary N) is 1. The maximum Gasteiger partial charge on any atom is 0.267 e. The second kappa shape index (κ2) is 3.81. The molecule has 0 saturated heterocycles. The largest absolute Gasteiger partial charge is 0.508 e. The van der Waals surface area contributed by atoms with E-state index in [4.69, 9.17) is 10.2 Å². The van der Waals surface area contributed by atoms with Crippen molar-refractivity contribution < 1.29 is 13.5 Å². The Balaban J connectivity index is 2.43. The molecule has 0 bridgehead atoms. The summed E-state index contributed by atoms with van der Waals surface area (Å²) in [6.45, 7) is 0. The molecule has 1 aromatic heterocycles.